The largest absolute Gasteiger partial charge is 0.507 e. The van der Waals surface area contributed by atoms with E-state index < -0.39 is 10.8 Å². The van der Waals surface area contributed by atoms with E-state index in [0.717, 1.165) is 88.2 Å². The Hall–Kier alpha value is -4.98. The van der Waals surface area contributed by atoms with Crippen LogP contribution in [-0.4, -0.2) is 46.6 Å². The van der Waals surface area contributed by atoms with Crippen molar-refractivity contribution in [3.05, 3.63) is 116 Å². The smallest absolute Gasteiger partial charge is 0.311 e. The second-order valence-corrected chi connectivity index (χ2v) is 20.9. The molecule has 0 amide bonds. The molecule has 9 aliphatic carbocycles. The Morgan fingerprint density at radius 3 is 1.03 bits per heavy atom. The summed E-state index contributed by atoms with van der Waals surface area (Å²) in [7, 11) is 3.01. The minimum Gasteiger partial charge on any atom is -0.507 e. The van der Waals surface area contributed by atoms with Gasteiger partial charge in [0.2, 0.25) is 0 Å². The van der Waals surface area contributed by atoms with Crippen LogP contribution in [0.3, 0.4) is 0 Å². The summed E-state index contributed by atoms with van der Waals surface area (Å²) in [5.41, 5.74) is 6.28. The first-order valence-electron chi connectivity index (χ1n) is 22.3. The predicted molar refractivity (Wildman–Crippen MR) is 225 cm³/mol. The molecule has 16 bridgehead atoms. The van der Waals surface area contributed by atoms with Crippen LogP contribution in [0.2, 0.25) is 0 Å². The molecule has 312 valence electrons. The monoisotopic (exact) mass is 808 g/mol. The highest BCUT2D eigenvalue weighted by molar-refractivity contribution is 5.78. The van der Waals surface area contributed by atoms with Crippen LogP contribution in [0.4, 0.5) is 0 Å². The van der Waals surface area contributed by atoms with Crippen molar-refractivity contribution in [3.8, 4) is 23.0 Å². The molecule has 8 nitrogen and oxygen atoms in total. The Balaban J connectivity index is 1.05. The standard InChI is InChI=1S/C52H56O8/c1-59-47(57)51-23-29-9-30(24-51)20-49(19-29,27-51)41-15-37-11-33-5-3-7-35(43(33)53)13-39-17-42(50-21-31-10-32(22-50)26-52(25-31,28-50)48(58)60-2)18-40(46(39)56)14-36-8-4-6-34(44(36)54)12-38(16-41)45(37)55/h3-8,15-18,29-32,53-56H,9-14,19-28H2,1-2H3/t29-,30+,31-,32+,49?,50?,51?,52?. The van der Waals surface area contributed by atoms with Crippen LogP contribution in [0.1, 0.15) is 133 Å². The number of carbonyl (C=O) groups excluding carboxylic acids is 2. The molecule has 9 aliphatic rings. The van der Waals surface area contributed by atoms with Gasteiger partial charge in [-0.15, -0.1) is 0 Å². The number of hydrogen-bond donors (Lipinski definition) is 4. The lowest BCUT2D eigenvalue weighted by atomic mass is 9.43. The van der Waals surface area contributed by atoms with E-state index in [-0.39, 0.29) is 71.4 Å². The molecule has 0 saturated heterocycles. The first-order valence-corrected chi connectivity index (χ1v) is 22.3. The van der Waals surface area contributed by atoms with Gasteiger partial charge in [-0.25, -0.2) is 0 Å². The molecule has 4 aromatic carbocycles. The zero-order chi connectivity index (χ0) is 41.3. The highest BCUT2D eigenvalue weighted by Crippen LogP contribution is 2.68. The van der Waals surface area contributed by atoms with Crippen molar-refractivity contribution in [2.45, 2.75) is 114 Å². The summed E-state index contributed by atoms with van der Waals surface area (Å²) < 4.78 is 10.9. The van der Waals surface area contributed by atoms with Crippen LogP contribution < -0.4 is 0 Å². The summed E-state index contributed by atoms with van der Waals surface area (Å²) in [6.45, 7) is 0. The summed E-state index contributed by atoms with van der Waals surface area (Å²) in [6.07, 6.45) is 12.3. The minimum absolute atomic E-state index is 0.101. The number of esters is 2. The topological polar surface area (TPSA) is 134 Å². The highest BCUT2D eigenvalue weighted by atomic mass is 16.5. The summed E-state index contributed by atoms with van der Waals surface area (Å²) >= 11 is 0. The van der Waals surface area contributed by atoms with E-state index in [2.05, 4.69) is 24.3 Å². The Morgan fingerprint density at radius 1 is 0.467 bits per heavy atom. The predicted octanol–water partition coefficient (Wildman–Crippen LogP) is 9.21. The number of carbonyl (C=O) groups is 2. The minimum atomic E-state index is -0.496. The number of methoxy groups -OCH3 is 2. The molecule has 8 fully saturated rings. The van der Waals surface area contributed by atoms with Gasteiger partial charge in [-0.3, -0.25) is 9.59 Å². The third-order valence-corrected chi connectivity index (χ3v) is 17.0. The quantitative estimate of drug-likeness (QED) is 0.132. The fourth-order valence-corrected chi connectivity index (χ4v) is 15.5. The van der Waals surface area contributed by atoms with Gasteiger partial charge in [-0.1, -0.05) is 60.7 Å². The molecule has 8 atom stereocenters. The van der Waals surface area contributed by atoms with Gasteiger partial charge >= 0.3 is 11.9 Å². The average Bonchev–Trinajstić information content (AvgIpc) is 3.21. The zero-order valence-corrected chi connectivity index (χ0v) is 34.8. The molecule has 0 aliphatic heterocycles. The summed E-state index contributed by atoms with van der Waals surface area (Å²) in [5.74, 6) is 2.13. The molecule has 8 saturated carbocycles. The van der Waals surface area contributed by atoms with Crippen LogP contribution in [0.15, 0.2) is 60.7 Å². The Kier molecular flexibility index (Phi) is 8.39. The van der Waals surface area contributed by atoms with Crippen LogP contribution in [0.25, 0.3) is 0 Å². The number of fused-ring (bicyclic) bond motifs is 8. The number of aromatic hydroxyl groups is 4. The van der Waals surface area contributed by atoms with Gasteiger partial charge in [0.15, 0.2) is 0 Å². The van der Waals surface area contributed by atoms with Gasteiger partial charge in [-0.05, 0) is 167 Å². The Bertz CT molecular complexity index is 2190. The molecule has 4 aromatic rings. The molecular formula is C52H56O8. The molecule has 4 N–H and O–H groups in total. The number of benzene rings is 4. The van der Waals surface area contributed by atoms with Gasteiger partial charge in [0.25, 0.3) is 0 Å². The molecule has 0 aromatic heterocycles. The first-order chi connectivity index (χ1) is 28.8. The number of hydrogen-bond acceptors (Lipinski definition) is 8. The van der Waals surface area contributed by atoms with E-state index in [0.29, 0.717) is 68.2 Å². The second-order valence-electron chi connectivity index (χ2n) is 20.9. The third-order valence-electron chi connectivity index (χ3n) is 17.0. The van der Waals surface area contributed by atoms with Crippen molar-refractivity contribution in [3.63, 3.8) is 0 Å². The zero-order valence-electron chi connectivity index (χ0n) is 34.8. The van der Waals surface area contributed by atoms with E-state index in [9.17, 15) is 30.0 Å². The van der Waals surface area contributed by atoms with Crippen molar-refractivity contribution in [2.24, 2.45) is 34.5 Å². The van der Waals surface area contributed by atoms with Crippen molar-refractivity contribution >= 4 is 11.9 Å². The molecule has 0 heterocycles. The second kappa shape index (κ2) is 13.3. The van der Waals surface area contributed by atoms with E-state index in [1.54, 1.807) is 0 Å². The van der Waals surface area contributed by atoms with Gasteiger partial charge < -0.3 is 29.9 Å². The van der Waals surface area contributed by atoms with Gasteiger partial charge in [0.1, 0.15) is 23.0 Å². The third kappa shape index (κ3) is 5.67. The van der Waals surface area contributed by atoms with Crippen molar-refractivity contribution in [1.82, 2.24) is 0 Å². The highest BCUT2D eigenvalue weighted by Gasteiger charge is 2.63. The first kappa shape index (κ1) is 38.0. The molecule has 60 heavy (non-hydrogen) atoms. The fraction of sp³-hybridized carbons (Fsp3) is 0.500. The van der Waals surface area contributed by atoms with Gasteiger partial charge in [-0.2, -0.15) is 0 Å². The maximum Gasteiger partial charge on any atom is 0.311 e. The Morgan fingerprint density at radius 2 is 0.750 bits per heavy atom. The molecular weight excluding hydrogens is 753 g/mol. The summed E-state index contributed by atoms with van der Waals surface area (Å²) in [6, 6.07) is 20.0. The average molecular weight is 809 g/mol. The van der Waals surface area contributed by atoms with Crippen LogP contribution in [-0.2, 0) is 55.6 Å². The Labute approximate surface area is 352 Å². The van der Waals surface area contributed by atoms with E-state index in [4.69, 9.17) is 9.47 Å². The lowest BCUT2D eigenvalue weighted by Crippen LogP contribution is -2.57. The lowest BCUT2D eigenvalue weighted by Gasteiger charge is -2.61. The molecule has 4 unspecified atom stereocenters. The van der Waals surface area contributed by atoms with E-state index in [1.807, 2.05) is 36.4 Å². The fourth-order valence-electron chi connectivity index (χ4n) is 15.5. The summed E-state index contributed by atoms with van der Waals surface area (Å²) in [5, 5.41) is 48.5. The molecule has 13 rings (SSSR count). The lowest BCUT2D eigenvalue weighted by molar-refractivity contribution is -0.171. The van der Waals surface area contributed by atoms with Crippen LogP contribution >= 0.6 is 0 Å². The molecule has 0 radical (unpaired) electrons. The molecule has 8 heteroatoms. The number of rotatable bonds is 4. The van der Waals surface area contributed by atoms with Crippen LogP contribution in [0, 0.1) is 34.5 Å². The van der Waals surface area contributed by atoms with Crippen molar-refractivity contribution in [2.75, 3.05) is 14.2 Å². The van der Waals surface area contributed by atoms with Gasteiger partial charge in [0.05, 0.1) is 25.0 Å². The van der Waals surface area contributed by atoms with Crippen molar-refractivity contribution in [1.29, 1.82) is 0 Å². The number of phenols is 4. The van der Waals surface area contributed by atoms with E-state index >= 15 is 0 Å². The van der Waals surface area contributed by atoms with Gasteiger partial charge in [0, 0.05) is 25.7 Å². The SMILES string of the molecule is COC(=O)C12C[C@H]3C[C@@H](C1)CC(c1cc4c(O)c(c1)Cc1cccc(c1O)Cc1cc(C56C[C@@H]7C[C@@H](CC(C(=O)OC)(C7)C5)C6)cc(c1O)Cc1cccc(c1O)C4)(C3)C2. The van der Waals surface area contributed by atoms with E-state index in [1.165, 1.54) is 14.2 Å². The summed E-state index contributed by atoms with van der Waals surface area (Å²) in [4.78, 5) is 26.9. The number of phenolic OH excluding ortho intramolecular Hbond substituents is 4. The normalized spacial score (nSPS) is 33.1. The number of para-hydroxylation sites is 2. The maximum atomic E-state index is 13.5. The van der Waals surface area contributed by atoms with Crippen LogP contribution in [0.5, 0.6) is 23.0 Å². The number of ether oxygens (including phenoxy) is 2. The maximum absolute atomic E-state index is 13.5. The van der Waals surface area contributed by atoms with Crippen molar-refractivity contribution < 1.29 is 39.5 Å². The molecule has 0 spiro atoms.